The lowest BCUT2D eigenvalue weighted by atomic mass is 10.2. The highest BCUT2D eigenvalue weighted by Gasteiger charge is 2.23. The zero-order valence-corrected chi connectivity index (χ0v) is 12.9. The van der Waals surface area contributed by atoms with Crippen LogP contribution in [0.2, 0.25) is 0 Å². The van der Waals surface area contributed by atoms with Gasteiger partial charge in [0.1, 0.15) is 11.3 Å². The first kappa shape index (κ1) is 13.4. The first-order valence-corrected chi connectivity index (χ1v) is 7.73. The van der Waals surface area contributed by atoms with Crippen molar-refractivity contribution in [2.75, 3.05) is 0 Å². The molecule has 22 heavy (non-hydrogen) atoms. The van der Waals surface area contributed by atoms with E-state index < -0.39 is 0 Å². The van der Waals surface area contributed by atoms with E-state index in [1.165, 1.54) is 12.8 Å². The average Bonchev–Trinajstić information content (AvgIpc) is 3.14. The molecular weight excluding hydrogens is 278 g/mol. The molecule has 5 nitrogen and oxygen atoms in total. The van der Waals surface area contributed by atoms with E-state index in [2.05, 4.69) is 9.72 Å². The van der Waals surface area contributed by atoms with Crippen molar-refractivity contribution < 1.29 is 4.52 Å². The van der Waals surface area contributed by atoms with E-state index in [1.807, 2.05) is 38.4 Å². The van der Waals surface area contributed by atoms with Crippen molar-refractivity contribution in [1.29, 1.82) is 0 Å². The zero-order valence-electron chi connectivity index (χ0n) is 12.9. The van der Waals surface area contributed by atoms with Crippen LogP contribution in [-0.2, 0) is 13.1 Å². The molecule has 0 bridgehead atoms. The summed E-state index contributed by atoms with van der Waals surface area (Å²) in [4.78, 5) is 12.9. The maximum atomic E-state index is 12.9. The molecule has 1 aliphatic rings. The topological polar surface area (TPSA) is 53.0 Å². The number of pyridine rings is 1. The lowest BCUT2D eigenvalue weighted by Crippen LogP contribution is -2.22. The largest absolute Gasteiger partial charge is 0.361 e. The van der Waals surface area contributed by atoms with E-state index in [0.717, 1.165) is 40.4 Å². The third kappa shape index (κ3) is 2.17. The number of aromatic nitrogens is 3. The van der Waals surface area contributed by atoms with Crippen molar-refractivity contribution in [3.63, 3.8) is 0 Å². The highest BCUT2D eigenvalue weighted by Crippen LogP contribution is 2.31. The Morgan fingerprint density at radius 3 is 2.59 bits per heavy atom. The van der Waals surface area contributed by atoms with Gasteiger partial charge in [0.15, 0.2) is 0 Å². The van der Waals surface area contributed by atoms with Crippen LogP contribution in [0.25, 0.3) is 10.9 Å². The lowest BCUT2D eigenvalue weighted by Gasteiger charge is -2.08. The Balaban J connectivity index is 1.78. The smallest absolute Gasteiger partial charge is 0.275 e. The van der Waals surface area contributed by atoms with Gasteiger partial charge in [0.25, 0.3) is 5.56 Å². The molecule has 0 N–H and O–H groups in total. The number of nitrogens with zero attached hydrogens (tertiary/aromatic N) is 3. The summed E-state index contributed by atoms with van der Waals surface area (Å²) in [6, 6.07) is 4.04. The van der Waals surface area contributed by atoms with Crippen LogP contribution in [0.3, 0.4) is 0 Å². The maximum Gasteiger partial charge on any atom is 0.275 e. The molecule has 0 aliphatic heterocycles. The Kier molecular flexibility index (Phi) is 2.96. The fourth-order valence-corrected chi connectivity index (χ4v) is 3.00. The van der Waals surface area contributed by atoms with Crippen molar-refractivity contribution in [3.8, 4) is 0 Å². The molecule has 0 atom stereocenters. The SMILES string of the molecule is Cc1noc(C)c1Cn1ccc2ccn(CC3CC3)c2c1=O. The van der Waals surface area contributed by atoms with Gasteiger partial charge in [-0.3, -0.25) is 4.79 Å². The van der Waals surface area contributed by atoms with Crippen LogP contribution in [0.4, 0.5) is 0 Å². The van der Waals surface area contributed by atoms with Crippen LogP contribution >= 0.6 is 0 Å². The second kappa shape index (κ2) is 4.87. The first-order valence-electron chi connectivity index (χ1n) is 7.73. The number of fused-ring (bicyclic) bond motifs is 1. The van der Waals surface area contributed by atoms with E-state index in [1.54, 1.807) is 4.57 Å². The highest BCUT2D eigenvalue weighted by atomic mass is 16.5. The molecule has 3 aromatic heterocycles. The van der Waals surface area contributed by atoms with Gasteiger partial charge in [0, 0.05) is 29.9 Å². The number of aryl methyl sites for hydroxylation is 2. The standard InChI is InChI=1S/C17H19N3O2/c1-11-15(12(2)22-18-11)10-20-8-6-14-5-7-19(9-13-3-4-13)16(14)17(20)21/h5-8,13H,3-4,9-10H2,1-2H3. The van der Waals surface area contributed by atoms with E-state index in [0.29, 0.717) is 6.54 Å². The normalized spacial score (nSPS) is 14.8. The van der Waals surface area contributed by atoms with Crippen molar-refractivity contribution in [1.82, 2.24) is 14.3 Å². The maximum absolute atomic E-state index is 12.9. The summed E-state index contributed by atoms with van der Waals surface area (Å²) in [5.41, 5.74) is 2.70. The zero-order chi connectivity index (χ0) is 15.3. The summed E-state index contributed by atoms with van der Waals surface area (Å²) in [6.45, 7) is 5.25. The minimum Gasteiger partial charge on any atom is -0.361 e. The monoisotopic (exact) mass is 297 g/mol. The highest BCUT2D eigenvalue weighted by molar-refractivity contribution is 5.78. The van der Waals surface area contributed by atoms with Crippen molar-refractivity contribution in [2.45, 2.75) is 39.8 Å². The molecule has 3 aromatic rings. The molecule has 1 aliphatic carbocycles. The molecule has 4 rings (SSSR count). The van der Waals surface area contributed by atoms with E-state index in [4.69, 9.17) is 4.52 Å². The van der Waals surface area contributed by atoms with Crippen LogP contribution in [-0.4, -0.2) is 14.3 Å². The quantitative estimate of drug-likeness (QED) is 0.744. The van der Waals surface area contributed by atoms with E-state index in [-0.39, 0.29) is 5.56 Å². The Morgan fingerprint density at radius 2 is 1.95 bits per heavy atom. The molecule has 114 valence electrons. The van der Waals surface area contributed by atoms with Crippen LogP contribution in [0.1, 0.15) is 29.9 Å². The molecule has 5 heteroatoms. The Labute approximate surface area is 128 Å². The van der Waals surface area contributed by atoms with Gasteiger partial charge in [-0.2, -0.15) is 0 Å². The van der Waals surface area contributed by atoms with Gasteiger partial charge >= 0.3 is 0 Å². The predicted octanol–water partition coefficient (Wildman–Crippen LogP) is 2.87. The Morgan fingerprint density at radius 1 is 1.23 bits per heavy atom. The van der Waals surface area contributed by atoms with Gasteiger partial charge in [-0.05, 0) is 44.7 Å². The first-order chi connectivity index (χ1) is 10.6. The summed E-state index contributed by atoms with van der Waals surface area (Å²) in [5.74, 6) is 1.52. The molecule has 0 radical (unpaired) electrons. The van der Waals surface area contributed by atoms with E-state index >= 15 is 0 Å². The van der Waals surface area contributed by atoms with E-state index in [9.17, 15) is 4.79 Å². The van der Waals surface area contributed by atoms with Gasteiger partial charge in [-0.1, -0.05) is 5.16 Å². The van der Waals surface area contributed by atoms with Crippen molar-refractivity contribution in [3.05, 3.63) is 51.9 Å². The summed E-state index contributed by atoms with van der Waals surface area (Å²) in [7, 11) is 0. The van der Waals surface area contributed by atoms with Crippen LogP contribution in [0.5, 0.6) is 0 Å². The minimum atomic E-state index is 0.0585. The molecule has 0 unspecified atom stereocenters. The second-order valence-electron chi connectivity index (χ2n) is 6.27. The number of hydrogen-bond donors (Lipinski definition) is 0. The van der Waals surface area contributed by atoms with Gasteiger partial charge in [-0.15, -0.1) is 0 Å². The summed E-state index contributed by atoms with van der Waals surface area (Å²) >= 11 is 0. The van der Waals surface area contributed by atoms with Gasteiger partial charge < -0.3 is 13.7 Å². The number of rotatable bonds is 4. The Hall–Kier alpha value is -2.30. The van der Waals surface area contributed by atoms with Crippen molar-refractivity contribution >= 4 is 10.9 Å². The third-order valence-corrected chi connectivity index (χ3v) is 4.55. The Bertz CT molecular complexity index is 877. The fraction of sp³-hybridized carbons (Fsp3) is 0.412. The minimum absolute atomic E-state index is 0.0585. The molecule has 0 saturated heterocycles. The van der Waals surface area contributed by atoms with Crippen molar-refractivity contribution in [2.24, 2.45) is 5.92 Å². The second-order valence-corrected chi connectivity index (χ2v) is 6.27. The predicted molar refractivity (Wildman–Crippen MR) is 84.0 cm³/mol. The number of hydrogen-bond acceptors (Lipinski definition) is 3. The molecule has 1 fully saturated rings. The van der Waals surface area contributed by atoms with Crippen LogP contribution in [0.15, 0.2) is 33.8 Å². The fourth-order valence-electron chi connectivity index (χ4n) is 3.00. The molecule has 0 spiro atoms. The third-order valence-electron chi connectivity index (χ3n) is 4.55. The molecule has 0 amide bonds. The molecule has 0 aromatic carbocycles. The van der Waals surface area contributed by atoms with Crippen LogP contribution in [0, 0.1) is 19.8 Å². The lowest BCUT2D eigenvalue weighted by molar-refractivity contribution is 0.392. The summed E-state index contributed by atoms with van der Waals surface area (Å²) in [5, 5.41) is 4.98. The van der Waals surface area contributed by atoms with Gasteiger partial charge in [-0.25, -0.2) is 0 Å². The average molecular weight is 297 g/mol. The molecule has 3 heterocycles. The summed E-state index contributed by atoms with van der Waals surface area (Å²) in [6.07, 6.45) is 6.45. The molecular formula is C17H19N3O2. The summed E-state index contributed by atoms with van der Waals surface area (Å²) < 4.78 is 9.05. The van der Waals surface area contributed by atoms with Crippen LogP contribution < -0.4 is 5.56 Å². The van der Waals surface area contributed by atoms with Gasteiger partial charge in [0.05, 0.1) is 12.2 Å². The molecule has 1 saturated carbocycles. The van der Waals surface area contributed by atoms with Gasteiger partial charge in [0.2, 0.25) is 0 Å².